The SMILES string of the molecule is CC(c1ccccc1)N1C(=O)/C(=C/c2c(N3CCOCC3)nc3ccccn3c2=O)SC1=S. The van der Waals surface area contributed by atoms with Gasteiger partial charge in [-0.3, -0.25) is 18.9 Å². The summed E-state index contributed by atoms with van der Waals surface area (Å²) in [5, 5.41) is 0. The Hall–Kier alpha value is -3.01. The zero-order valence-electron chi connectivity index (χ0n) is 18.0. The molecule has 3 aromatic rings. The molecule has 5 rings (SSSR count). The molecule has 0 aliphatic carbocycles. The summed E-state index contributed by atoms with van der Waals surface area (Å²) in [6.45, 7) is 4.33. The van der Waals surface area contributed by atoms with E-state index in [1.165, 1.54) is 16.2 Å². The zero-order valence-corrected chi connectivity index (χ0v) is 19.6. The summed E-state index contributed by atoms with van der Waals surface area (Å²) in [5.41, 5.74) is 1.72. The molecular formula is C24H22N4O3S2. The van der Waals surface area contributed by atoms with Crippen molar-refractivity contribution in [3.05, 3.63) is 81.1 Å². The van der Waals surface area contributed by atoms with Gasteiger partial charge in [0.2, 0.25) is 0 Å². The maximum Gasteiger partial charge on any atom is 0.267 e. The third kappa shape index (κ3) is 4.07. The Morgan fingerprint density at radius 3 is 2.58 bits per heavy atom. The maximum absolute atomic E-state index is 13.5. The summed E-state index contributed by atoms with van der Waals surface area (Å²) in [6, 6.07) is 15.0. The highest BCUT2D eigenvalue weighted by atomic mass is 32.2. The van der Waals surface area contributed by atoms with Crippen molar-refractivity contribution in [3.63, 3.8) is 0 Å². The van der Waals surface area contributed by atoms with Crippen LogP contribution in [0.4, 0.5) is 5.82 Å². The van der Waals surface area contributed by atoms with Gasteiger partial charge in [-0.25, -0.2) is 4.98 Å². The number of rotatable bonds is 4. The lowest BCUT2D eigenvalue weighted by atomic mass is 10.1. The molecule has 168 valence electrons. The van der Waals surface area contributed by atoms with Crippen LogP contribution in [0.25, 0.3) is 11.7 Å². The minimum absolute atomic E-state index is 0.202. The van der Waals surface area contributed by atoms with Crippen LogP contribution in [-0.4, -0.2) is 50.8 Å². The molecule has 7 nitrogen and oxygen atoms in total. The lowest BCUT2D eigenvalue weighted by Crippen LogP contribution is -2.38. The van der Waals surface area contributed by atoms with Crippen molar-refractivity contribution in [1.29, 1.82) is 0 Å². The van der Waals surface area contributed by atoms with Gasteiger partial charge in [-0.05, 0) is 30.7 Å². The fourth-order valence-corrected chi connectivity index (χ4v) is 5.46. The summed E-state index contributed by atoms with van der Waals surface area (Å²) >= 11 is 6.78. The Bertz CT molecular complexity index is 1320. The van der Waals surface area contributed by atoms with Crippen molar-refractivity contribution in [1.82, 2.24) is 14.3 Å². The molecule has 2 saturated heterocycles. The fraction of sp³-hybridized carbons (Fsp3) is 0.250. The molecule has 33 heavy (non-hydrogen) atoms. The number of aromatic nitrogens is 2. The van der Waals surface area contributed by atoms with Crippen LogP contribution in [-0.2, 0) is 9.53 Å². The number of pyridine rings is 1. The third-order valence-electron chi connectivity index (χ3n) is 5.83. The highest BCUT2D eigenvalue weighted by Gasteiger charge is 2.36. The minimum Gasteiger partial charge on any atom is -0.378 e. The smallest absolute Gasteiger partial charge is 0.267 e. The standard InChI is InChI=1S/C24H22N4O3S2/c1-16(17-7-3-2-4-8-17)28-23(30)19(33-24(28)32)15-18-21(26-11-13-31-14-12-26)25-20-9-5-6-10-27(20)22(18)29/h2-10,15-16H,11-14H2,1H3/b19-15-. The highest BCUT2D eigenvalue weighted by molar-refractivity contribution is 8.26. The van der Waals surface area contributed by atoms with Crippen LogP contribution in [0, 0.1) is 0 Å². The third-order valence-corrected chi connectivity index (χ3v) is 7.16. The molecule has 2 fully saturated rings. The molecule has 0 N–H and O–H groups in total. The van der Waals surface area contributed by atoms with Gasteiger partial charge in [-0.1, -0.05) is 60.4 Å². The monoisotopic (exact) mass is 478 g/mol. The number of nitrogens with zero attached hydrogens (tertiary/aromatic N) is 4. The van der Waals surface area contributed by atoms with Crippen molar-refractivity contribution in [2.75, 3.05) is 31.2 Å². The molecule has 9 heteroatoms. The quantitative estimate of drug-likeness (QED) is 0.420. The van der Waals surface area contributed by atoms with Crippen LogP contribution in [0.3, 0.4) is 0 Å². The van der Waals surface area contributed by atoms with Crippen LogP contribution >= 0.6 is 24.0 Å². The molecule has 1 unspecified atom stereocenters. The number of fused-ring (bicyclic) bond motifs is 1. The predicted molar refractivity (Wildman–Crippen MR) is 134 cm³/mol. The van der Waals surface area contributed by atoms with E-state index in [1.807, 2.05) is 48.2 Å². The Kier molecular flexibility index (Phi) is 6.01. The number of morpholine rings is 1. The first-order valence-electron chi connectivity index (χ1n) is 10.7. The van der Waals surface area contributed by atoms with Crippen LogP contribution < -0.4 is 10.5 Å². The summed E-state index contributed by atoms with van der Waals surface area (Å²) in [6.07, 6.45) is 3.34. The van der Waals surface area contributed by atoms with E-state index in [0.717, 1.165) is 5.56 Å². The number of ether oxygens (including phenoxy) is 1. The van der Waals surface area contributed by atoms with Crippen molar-refractivity contribution >= 4 is 51.7 Å². The number of hydrogen-bond acceptors (Lipinski definition) is 7. The molecule has 2 aliphatic heterocycles. The van der Waals surface area contributed by atoms with Crippen molar-refractivity contribution in [3.8, 4) is 0 Å². The molecule has 2 aromatic heterocycles. The first-order chi connectivity index (χ1) is 16.0. The lowest BCUT2D eigenvalue weighted by molar-refractivity contribution is -0.123. The lowest BCUT2D eigenvalue weighted by Gasteiger charge is -2.29. The fourth-order valence-electron chi connectivity index (χ4n) is 4.06. The van der Waals surface area contributed by atoms with Crippen LogP contribution in [0.5, 0.6) is 0 Å². The second-order valence-corrected chi connectivity index (χ2v) is 9.50. The van der Waals surface area contributed by atoms with Crippen molar-refractivity contribution in [2.45, 2.75) is 13.0 Å². The van der Waals surface area contributed by atoms with Gasteiger partial charge >= 0.3 is 0 Å². The zero-order chi connectivity index (χ0) is 22.9. The van der Waals surface area contributed by atoms with Gasteiger partial charge in [0, 0.05) is 19.3 Å². The molecule has 0 saturated carbocycles. The van der Waals surface area contributed by atoms with Gasteiger partial charge < -0.3 is 9.64 Å². The van der Waals surface area contributed by atoms with E-state index in [0.29, 0.717) is 52.6 Å². The topological polar surface area (TPSA) is 67.2 Å². The Balaban J connectivity index is 1.58. The second kappa shape index (κ2) is 9.09. The molecule has 1 aromatic carbocycles. The molecule has 1 amide bonds. The number of amides is 1. The highest BCUT2D eigenvalue weighted by Crippen LogP contribution is 2.38. The molecule has 0 radical (unpaired) electrons. The molecule has 1 atom stereocenters. The Labute approximate surface area is 200 Å². The summed E-state index contributed by atoms with van der Waals surface area (Å²) in [7, 11) is 0. The number of hydrogen-bond donors (Lipinski definition) is 0. The molecule has 2 aliphatic rings. The first-order valence-corrected chi connectivity index (χ1v) is 11.9. The van der Waals surface area contributed by atoms with Crippen molar-refractivity contribution in [2.24, 2.45) is 0 Å². The number of thiocarbonyl (C=S) groups is 1. The summed E-state index contributed by atoms with van der Waals surface area (Å²) < 4.78 is 7.45. The van der Waals surface area contributed by atoms with Gasteiger partial charge in [0.05, 0.1) is 29.7 Å². The average Bonchev–Trinajstić information content (AvgIpc) is 3.14. The van der Waals surface area contributed by atoms with Gasteiger partial charge in [0.15, 0.2) is 0 Å². The van der Waals surface area contributed by atoms with Gasteiger partial charge in [0.1, 0.15) is 15.8 Å². The van der Waals surface area contributed by atoms with Crippen LogP contribution in [0.2, 0.25) is 0 Å². The van der Waals surface area contributed by atoms with E-state index >= 15 is 0 Å². The summed E-state index contributed by atoms with van der Waals surface area (Å²) in [4.78, 5) is 35.7. The normalized spacial score (nSPS) is 19.0. The second-order valence-electron chi connectivity index (χ2n) is 7.82. The van der Waals surface area contributed by atoms with Gasteiger partial charge in [-0.2, -0.15) is 0 Å². The van der Waals surface area contributed by atoms with Crippen LogP contribution in [0.1, 0.15) is 24.1 Å². The van der Waals surface area contributed by atoms with E-state index < -0.39 is 0 Å². The Morgan fingerprint density at radius 1 is 1.09 bits per heavy atom. The molecule has 0 bridgehead atoms. The number of thioether (sulfide) groups is 1. The van der Waals surface area contributed by atoms with E-state index in [9.17, 15) is 9.59 Å². The summed E-state index contributed by atoms with van der Waals surface area (Å²) in [5.74, 6) is 0.364. The van der Waals surface area contributed by atoms with Gasteiger partial charge in [-0.15, -0.1) is 0 Å². The van der Waals surface area contributed by atoms with E-state index in [2.05, 4.69) is 0 Å². The first kappa shape index (κ1) is 21.8. The number of carbonyl (C=O) groups is 1. The van der Waals surface area contributed by atoms with Gasteiger partial charge in [0.25, 0.3) is 11.5 Å². The van der Waals surface area contributed by atoms with E-state index in [4.69, 9.17) is 21.9 Å². The number of anilines is 1. The number of benzene rings is 1. The largest absolute Gasteiger partial charge is 0.378 e. The number of carbonyl (C=O) groups excluding carboxylic acids is 1. The Morgan fingerprint density at radius 2 is 1.82 bits per heavy atom. The van der Waals surface area contributed by atoms with Crippen LogP contribution in [0.15, 0.2) is 64.4 Å². The predicted octanol–water partition coefficient (Wildman–Crippen LogP) is 3.49. The van der Waals surface area contributed by atoms with Crippen molar-refractivity contribution < 1.29 is 9.53 Å². The van der Waals surface area contributed by atoms with E-state index in [-0.39, 0.29) is 17.5 Å². The van der Waals surface area contributed by atoms with E-state index in [1.54, 1.807) is 29.3 Å². The minimum atomic E-state index is -0.219. The molecular weight excluding hydrogens is 456 g/mol. The maximum atomic E-state index is 13.5. The average molecular weight is 479 g/mol. The molecule has 4 heterocycles. The molecule has 0 spiro atoms.